The molecule has 26 heavy (non-hydrogen) atoms. The molecule has 0 bridgehead atoms. The maximum atomic E-state index is 12.8. The van der Waals surface area contributed by atoms with E-state index in [1.165, 1.54) is 10.5 Å². The van der Waals surface area contributed by atoms with E-state index in [1.54, 1.807) is 0 Å². The van der Waals surface area contributed by atoms with Gasteiger partial charge in [-0.2, -0.15) is 0 Å². The van der Waals surface area contributed by atoms with Crippen molar-refractivity contribution in [2.75, 3.05) is 32.7 Å². The molecule has 1 aromatic carbocycles. The van der Waals surface area contributed by atoms with Gasteiger partial charge in [-0.1, -0.05) is 31.2 Å². The second kappa shape index (κ2) is 9.00. The third-order valence-electron chi connectivity index (χ3n) is 4.80. The molecular weight excluding hydrogens is 356 g/mol. The highest BCUT2D eigenvalue weighted by atomic mass is 35.5. The van der Waals surface area contributed by atoms with Crippen LogP contribution in [0.4, 0.5) is 4.79 Å². The van der Waals surface area contributed by atoms with Crippen LogP contribution in [-0.4, -0.2) is 60.4 Å². The summed E-state index contributed by atoms with van der Waals surface area (Å²) in [5.74, 6) is -0.375. The number of carbonyl (C=O) groups is 3. The minimum atomic E-state index is -0.483. The fourth-order valence-electron chi connectivity index (χ4n) is 3.28. The summed E-state index contributed by atoms with van der Waals surface area (Å²) >= 11 is 0. The second-order valence-corrected chi connectivity index (χ2v) is 6.43. The first-order valence-electron chi connectivity index (χ1n) is 8.76. The minimum Gasteiger partial charge on any atom is -0.332 e. The van der Waals surface area contributed by atoms with Crippen LogP contribution >= 0.6 is 12.4 Å². The fourth-order valence-corrected chi connectivity index (χ4v) is 3.28. The Hall–Kier alpha value is -2.12. The fraction of sp³-hybridized carbons (Fsp3) is 0.500. The van der Waals surface area contributed by atoms with Gasteiger partial charge in [-0.3, -0.25) is 14.9 Å². The standard InChI is InChI=1S/C18H24N4O3.ClH/c1-2-13-3-5-14(6-4-13)15-11-19-8-10-22(15)17(24)12-21-9-7-16(23)20-18(21)25;/h3-6,15,19H,2,7-12H2,1H3,(H,20,23,25);1H. The van der Waals surface area contributed by atoms with Crippen LogP contribution < -0.4 is 10.6 Å². The van der Waals surface area contributed by atoms with E-state index in [4.69, 9.17) is 0 Å². The molecule has 8 heteroatoms. The molecule has 2 heterocycles. The zero-order chi connectivity index (χ0) is 17.8. The van der Waals surface area contributed by atoms with E-state index in [1.807, 2.05) is 4.90 Å². The molecule has 0 aromatic heterocycles. The van der Waals surface area contributed by atoms with Crippen molar-refractivity contribution in [2.45, 2.75) is 25.8 Å². The normalized spacial score (nSPS) is 20.4. The molecule has 4 amide bonds. The Bertz CT molecular complexity index is 665. The van der Waals surface area contributed by atoms with Gasteiger partial charge in [0.15, 0.2) is 0 Å². The molecule has 0 radical (unpaired) electrons. The molecule has 3 rings (SSSR count). The van der Waals surface area contributed by atoms with Crippen LogP contribution in [0.25, 0.3) is 0 Å². The minimum absolute atomic E-state index is 0. The Labute approximate surface area is 159 Å². The lowest BCUT2D eigenvalue weighted by atomic mass is 10.0. The number of nitrogens with zero attached hydrogens (tertiary/aromatic N) is 2. The molecule has 1 atom stereocenters. The lowest BCUT2D eigenvalue weighted by Gasteiger charge is -2.38. The SMILES string of the molecule is CCc1ccc(C2CNCCN2C(=O)CN2CCC(=O)NC2=O)cc1.Cl. The van der Waals surface area contributed by atoms with Crippen molar-refractivity contribution >= 4 is 30.3 Å². The summed E-state index contributed by atoms with van der Waals surface area (Å²) in [7, 11) is 0. The van der Waals surface area contributed by atoms with Gasteiger partial charge < -0.3 is 15.1 Å². The highest BCUT2D eigenvalue weighted by Crippen LogP contribution is 2.23. The Balaban J connectivity index is 0.00000243. The third-order valence-corrected chi connectivity index (χ3v) is 4.80. The van der Waals surface area contributed by atoms with Gasteiger partial charge in [-0.05, 0) is 17.5 Å². The average Bonchev–Trinajstić information content (AvgIpc) is 2.64. The number of carbonyl (C=O) groups excluding carboxylic acids is 3. The molecule has 1 unspecified atom stereocenters. The van der Waals surface area contributed by atoms with Gasteiger partial charge in [0, 0.05) is 32.6 Å². The predicted octanol–water partition coefficient (Wildman–Crippen LogP) is 1.09. The number of hydrogen-bond donors (Lipinski definition) is 2. The van der Waals surface area contributed by atoms with Crippen LogP contribution in [0.3, 0.4) is 0 Å². The molecule has 0 spiro atoms. The van der Waals surface area contributed by atoms with Crippen molar-refractivity contribution in [3.63, 3.8) is 0 Å². The second-order valence-electron chi connectivity index (χ2n) is 6.43. The number of rotatable bonds is 4. The van der Waals surface area contributed by atoms with E-state index in [0.29, 0.717) is 19.6 Å². The summed E-state index contributed by atoms with van der Waals surface area (Å²) < 4.78 is 0. The van der Waals surface area contributed by atoms with Crippen LogP contribution in [0, 0.1) is 0 Å². The average molecular weight is 381 g/mol. The molecular formula is C18H25ClN4O3. The number of halogens is 1. The smallest absolute Gasteiger partial charge is 0.324 e. The van der Waals surface area contributed by atoms with Crippen LogP contribution in [0.15, 0.2) is 24.3 Å². The van der Waals surface area contributed by atoms with Crippen LogP contribution in [0.1, 0.15) is 30.5 Å². The molecule has 1 aromatic rings. The van der Waals surface area contributed by atoms with Crippen molar-refractivity contribution < 1.29 is 14.4 Å². The molecule has 2 N–H and O–H groups in total. The van der Waals surface area contributed by atoms with E-state index >= 15 is 0 Å². The molecule has 0 aliphatic carbocycles. The molecule has 2 aliphatic heterocycles. The monoisotopic (exact) mass is 380 g/mol. The van der Waals surface area contributed by atoms with Crippen molar-refractivity contribution in [1.29, 1.82) is 0 Å². The number of benzene rings is 1. The summed E-state index contributed by atoms with van der Waals surface area (Å²) in [4.78, 5) is 39.1. The maximum Gasteiger partial charge on any atom is 0.324 e. The van der Waals surface area contributed by atoms with E-state index < -0.39 is 6.03 Å². The van der Waals surface area contributed by atoms with E-state index in [-0.39, 0.29) is 43.2 Å². The highest BCUT2D eigenvalue weighted by molar-refractivity contribution is 5.98. The first-order chi connectivity index (χ1) is 12.1. The highest BCUT2D eigenvalue weighted by Gasteiger charge is 2.31. The van der Waals surface area contributed by atoms with E-state index in [0.717, 1.165) is 18.5 Å². The summed E-state index contributed by atoms with van der Waals surface area (Å²) in [5, 5.41) is 5.59. The Morgan fingerprint density at radius 1 is 1.19 bits per heavy atom. The van der Waals surface area contributed by atoms with Crippen molar-refractivity contribution in [3.8, 4) is 0 Å². The summed E-state index contributed by atoms with van der Waals surface area (Å²) in [5.41, 5.74) is 2.36. The lowest BCUT2D eigenvalue weighted by molar-refractivity contribution is -0.136. The zero-order valence-electron chi connectivity index (χ0n) is 14.9. The van der Waals surface area contributed by atoms with Crippen molar-refractivity contribution in [3.05, 3.63) is 35.4 Å². The van der Waals surface area contributed by atoms with E-state index in [9.17, 15) is 14.4 Å². The summed E-state index contributed by atoms with van der Waals surface area (Å²) in [6, 6.07) is 7.81. The Morgan fingerprint density at radius 3 is 2.58 bits per heavy atom. The molecule has 142 valence electrons. The zero-order valence-corrected chi connectivity index (χ0v) is 15.7. The number of imide groups is 1. The topological polar surface area (TPSA) is 81.8 Å². The Kier molecular flexibility index (Phi) is 6.99. The third kappa shape index (κ3) is 4.53. The molecule has 2 fully saturated rings. The first kappa shape index (κ1) is 20.2. The summed E-state index contributed by atoms with van der Waals surface area (Å²) in [6.07, 6.45) is 1.22. The van der Waals surface area contributed by atoms with Gasteiger partial charge >= 0.3 is 6.03 Å². The number of nitrogens with one attached hydrogen (secondary N) is 2. The number of hydrogen-bond acceptors (Lipinski definition) is 4. The van der Waals surface area contributed by atoms with Gasteiger partial charge in [-0.15, -0.1) is 12.4 Å². The lowest BCUT2D eigenvalue weighted by Crippen LogP contribution is -2.55. The van der Waals surface area contributed by atoms with Crippen molar-refractivity contribution in [1.82, 2.24) is 20.4 Å². The van der Waals surface area contributed by atoms with Gasteiger partial charge in [0.25, 0.3) is 0 Å². The molecule has 2 aliphatic rings. The van der Waals surface area contributed by atoms with Gasteiger partial charge in [-0.25, -0.2) is 4.79 Å². The summed E-state index contributed by atoms with van der Waals surface area (Å²) in [6.45, 7) is 4.44. The Morgan fingerprint density at radius 2 is 1.92 bits per heavy atom. The van der Waals surface area contributed by atoms with Crippen LogP contribution in [0.5, 0.6) is 0 Å². The van der Waals surface area contributed by atoms with E-state index in [2.05, 4.69) is 41.8 Å². The predicted molar refractivity (Wildman–Crippen MR) is 100 cm³/mol. The van der Waals surface area contributed by atoms with Gasteiger partial charge in [0.05, 0.1) is 6.04 Å². The quantitative estimate of drug-likeness (QED) is 0.819. The van der Waals surface area contributed by atoms with Gasteiger partial charge in [0.2, 0.25) is 11.8 Å². The molecule has 2 saturated heterocycles. The van der Waals surface area contributed by atoms with Gasteiger partial charge in [0.1, 0.15) is 6.54 Å². The number of piperazine rings is 1. The van der Waals surface area contributed by atoms with Crippen LogP contribution in [0.2, 0.25) is 0 Å². The molecule has 0 saturated carbocycles. The van der Waals surface area contributed by atoms with Crippen LogP contribution in [-0.2, 0) is 16.0 Å². The molecule has 7 nitrogen and oxygen atoms in total. The number of amides is 4. The number of urea groups is 1. The van der Waals surface area contributed by atoms with Crippen molar-refractivity contribution in [2.24, 2.45) is 0 Å². The largest absolute Gasteiger partial charge is 0.332 e. The first-order valence-corrected chi connectivity index (χ1v) is 8.76. The number of aryl methyl sites for hydroxylation is 1. The maximum absolute atomic E-state index is 12.8.